The summed E-state index contributed by atoms with van der Waals surface area (Å²) in [5.74, 6) is 0.872. The summed E-state index contributed by atoms with van der Waals surface area (Å²) in [6.45, 7) is 15.0. The van der Waals surface area contributed by atoms with Crippen molar-refractivity contribution in [3.8, 4) is 5.75 Å². The van der Waals surface area contributed by atoms with Gasteiger partial charge in [-0.2, -0.15) is 0 Å². The molecule has 0 fully saturated rings. The predicted octanol–water partition coefficient (Wildman–Crippen LogP) is 5.12. The monoisotopic (exact) mass is 483 g/mol. The van der Waals surface area contributed by atoms with Crippen molar-refractivity contribution in [2.24, 2.45) is 0 Å². The Morgan fingerprint density at radius 3 is 2.67 bits per heavy atom. The second kappa shape index (κ2) is 5.76. The second-order valence-electron chi connectivity index (χ2n) is 7.51. The van der Waals surface area contributed by atoms with Gasteiger partial charge in [0.2, 0.25) is 0 Å². The van der Waals surface area contributed by atoms with E-state index in [1.54, 1.807) is 0 Å². The van der Waals surface area contributed by atoms with Crippen LogP contribution in [0.3, 0.4) is 0 Å². The molecular formula is C15H23BrINO2Si. The lowest BCUT2D eigenvalue weighted by molar-refractivity contribution is 0.175. The smallest absolute Gasteiger partial charge is 0.192 e. The molecule has 0 bridgehead atoms. The first kappa shape index (κ1) is 17.7. The van der Waals surface area contributed by atoms with E-state index in [9.17, 15) is 0 Å². The van der Waals surface area contributed by atoms with Gasteiger partial charge in [-0.25, -0.2) is 4.98 Å². The van der Waals surface area contributed by atoms with Gasteiger partial charge in [0.25, 0.3) is 0 Å². The van der Waals surface area contributed by atoms with Crippen LogP contribution in [0.4, 0.5) is 0 Å². The highest BCUT2D eigenvalue weighted by molar-refractivity contribution is 14.1. The average molecular weight is 484 g/mol. The molecule has 1 unspecified atom stereocenters. The summed E-state index contributed by atoms with van der Waals surface area (Å²) in [6, 6.07) is 2.11. The Labute approximate surface area is 150 Å². The van der Waals surface area contributed by atoms with Crippen LogP contribution in [0.15, 0.2) is 10.7 Å². The fraction of sp³-hybridized carbons (Fsp3) is 0.667. The highest BCUT2D eigenvalue weighted by atomic mass is 127. The fourth-order valence-corrected chi connectivity index (χ4v) is 4.56. The molecule has 0 spiro atoms. The van der Waals surface area contributed by atoms with E-state index in [4.69, 9.17) is 9.16 Å². The molecule has 1 aromatic rings. The number of hydrogen-bond donors (Lipinski definition) is 0. The van der Waals surface area contributed by atoms with Crippen LogP contribution in [0.25, 0.3) is 0 Å². The molecule has 2 heterocycles. The largest absolute Gasteiger partial charge is 0.489 e. The number of rotatable bonds is 3. The van der Waals surface area contributed by atoms with E-state index < -0.39 is 8.32 Å². The zero-order valence-electron chi connectivity index (χ0n) is 13.5. The van der Waals surface area contributed by atoms with Gasteiger partial charge in [0.1, 0.15) is 14.9 Å². The minimum Gasteiger partial charge on any atom is -0.489 e. The Morgan fingerprint density at radius 2 is 2.10 bits per heavy atom. The van der Waals surface area contributed by atoms with E-state index in [0.717, 1.165) is 14.1 Å². The molecule has 0 saturated heterocycles. The van der Waals surface area contributed by atoms with Crippen LogP contribution in [-0.2, 0) is 9.84 Å². The van der Waals surface area contributed by atoms with Gasteiger partial charge in [0.05, 0.1) is 5.41 Å². The van der Waals surface area contributed by atoms with Gasteiger partial charge in [0.15, 0.2) is 14.1 Å². The van der Waals surface area contributed by atoms with Crippen molar-refractivity contribution >= 4 is 46.8 Å². The standard InChI is InChI=1S/C15H23BrINO2Si/c1-14(2,3)21(5,6)20-9-15(4)8-19-12-10(15)7-11(17)18-13(12)16/h7H,8-9H2,1-6H3. The van der Waals surface area contributed by atoms with Crippen LogP contribution >= 0.6 is 38.5 Å². The Balaban J connectivity index is 2.24. The van der Waals surface area contributed by atoms with E-state index >= 15 is 0 Å². The van der Waals surface area contributed by atoms with Gasteiger partial charge in [-0.1, -0.05) is 20.8 Å². The fourth-order valence-electron chi connectivity index (χ4n) is 2.04. The Kier molecular flexibility index (Phi) is 4.85. The molecule has 1 atom stereocenters. The Bertz CT molecular complexity index is 559. The van der Waals surface area contributed by atoms with Crippen molar-refractivity contribution in [3.05, 3.63) is 19.9 Å². The van der Waals surface area contributed by atoms with Crippen LogP contribution in [-0.4, -0.2) is 26.5 Å². The minimum absolute atomic E-state index is 0.101. The van der Waals surface area contributed by atoms with Gasteiger partial charge < -0.3 is 9.16 Å². The lowest BCUT2D eigenvalue weighted by atomic mass is 9.86. The van der Waals surface area contributed by atoms with E-state index in [1.165, 1.54) is 5.56 Å². The predicted molar refractivity (Wildman–Crippen MR) is 101 cm³/mol. The van der Waals surface area contributed by atoms with E-state index in [0.29, 0.717) is 13.2 Å². The first-order valence-corrected chi connectivity index (χ1v) is 11.9. The number of aromatic nitrogens is 1. The molecular weight excluding hydrogens is 461 g/mol. The van der Waals surface area contributed by atoms with Gasteiger partial charge >= 0.3 is 0 Å². The van der Waals surface area contributed by atoms with Gasteiger partial charge in [-0.15, -0.1) is 0 Å². The normalized spacial score (nSPS) is 22.1. The molecule has 118 valence electrons. The first-order valence-electron chi connectivity index (χ1n) is 7.10. The highest BCUT2D eigenvalue weighted by Gasteiger charge is 2.43. The van der Waals surface area contributed by atoms with Crippen LogP contribution in [0, 0.1) is 3.70 Å². The maximum absolute atomic E-state index is 6.44. The maximum atomic E-state index is 6.44. The van der Waals surface area contributed by atoms with Crippen LogP contribution < -0.4 is 4.74 Å². The minimum atomic E-state index is -1.75. The molecule has 0 aliphatic carbocycles. The summed E-state index contributed by atoms with van der Waals surface area (Å²) in [4.78, 5) is 4.41. The van der Waals surface area contributed by atoms with Crippen molar-refractivity contribution in [2.45, 2.75) is 51.2 Å². The summed E-state index contributed by atoms with van der Waals surface area (Å²) >= 11 is 5.74. The molecule has 6 heteroatoms. The molecule has 1 aromatic heterocycles. The quantitative estimate of drug-likeness (QED) is 0.339. The van der Waals surface area contributed by atoms with E-state index in [2.05, 4.69) is 90.4 Å². The van der Waals surface area contributed by atoms with E-state index in [1.807, 2.05) is 0 Å². The van der Waals surface area contributed by atoms with Crippen molar-refractivity contribution in [1.29, 1.82) is 0 Å². The number of hydrogen-bond acceptors (Lipinski definition) is 3. The molecule has 21 heavy (non-hydrogen) atoms. The second-order valence-corrected chi connectivity index (χ2v) is 14.2. The number of ether oxygens (including phenoxy) is 1. The molecule has 0 aromatic carbocycles. The molecule has 0 N–H and O–H groups in total. The summed E-state index contributed by atoms with van der Waals surface area (Å²) in [6.07, 6.45) is 0. The molecule has 3 nitrogen and oxygen atoms in total. The number of halogens is 2. The van der Waals surface area contributed by atoms with Crippen molar-refractivity contribution in [3.63, 3.8) is 0 Å². The molecule has 1 aliphatic heterocycles. The molecule has 2 rings (SSSR count). The Hall–Kier alpha value is 0.337. The number of pyridine rings is 1. The third-order valence-electron chi connectivity index (χ3n) is 4.64. The first-order chi connectivity index (χ1) is 9.46. The van der Waals surface area contributed by atoms with Gasteiger partial charge in [0, 0.05) is 12.2 Å². The zero-order valence-corrected chi connectivity index (χ0v) is 18.3. The van der Waals surface area contributed by atoms with Crippen molar-refractivity contribution < 1.29 is 9.16 Å². The number of nitrogens with zero attached hydrogens (tertiary/aromatic N) is 1. The summed E-state index contributed by atoms with van der Waals surface area (Å²) in [5, 5.41) is 0.221. The summed E-state index contributed by atoms with van der Waals surface area (Å²) in [7, 11) is -1.75. The van der Waals surface area contributed by atoms with Crippen LogP contribution in [0.2, 0.25) is 18.1 Å². The lowest BCUT2D eigenvalue weighted by Gasteiger charge is -2.38. The van der Waals surface area contributed by atoms with Gasteiger partial charge in [-0.05, 0) is 69.6 Å². The molecule has 0 radical (unpaired) electrons. The van der Waals surface area contributed by atoms with E-state index in [-0.39, 0.29) is 10.5 Å². The zero-order chi connectivity index (χ0) is 16.1. The van der Waals surface area contributed by atoms with Gasteiger partial charge in [-0.3, -0.25) is 0 Å². The highest BCUT2D eigenvalue weighted by Crippen LogP contribution is 2.44. The topological polar surface area (TPSA) is 31.4 Å². The third kappa shape index (κ3) is 3.48. The average Bonchev–Trinajstić information content (AvgIpc) is 2.65. The third-order valence-corrected chi connectivity index (χ3v) is 10.2. The van der Waals surface area contributed by atoms with Crippen molar-refractivity contribution in [1.82, 2.24) is 4.98 Å². The molecule has 0 amide bonds. The molecule has 1 aliphatic rings. The molecule has 0 saturated carbocycles. The number of fused-ring (bicyclic) bond motifs is 1. The lowest BCUT2D eigenvalue weighted by Crippen LogP contribution is -2.45. The maximum Gasteiger partial charge on any atom is 0.192 e. The summed E-state index contributed by atoms with van der Waals surface area (Å²) < 4.78 is 14.1. The van der Waals surface area contributed by atoms with Crippen LogP contribution in [0.1, 0.15) is 33.3 Å². The summed E-state index contributed by atoms with van der Waals surface area (Å²) in [5.41, 5.74) is 1.10. The van der Waals surface area contributed by atoms with Crippen LogP contribution in [0.5, 0.6) is 5.75 Å². The Morgan fingerprint density at radius 1 is 1.48 bits per heavy atom. The van der Waals surface area contributed by atoms with Crippen molar-refractivity contribution in [2.75, 3.05) is 13.2 Å². The SMILES string of the molecule is CC1(CO[Si](C)(C)C(C)(C)C)COc2c1cc(I)nc2Br.